The number of esters is 1. The average molecular weight is 438 g/mol. The Labute approximate surface area is 185 Å². The summed E-state index contributed by atoms with van der Waals surface area (Å²) in [5.74, 6) is -0.0302. The molecule has 8 atom stereocenters. The summed E-state index contributed by atoms with van der Waals surface area (Å²) in [5.41, 5.74) is 2.70. The molecule has 2 rings (SSSR count). The van der Waals surface area contributed by atoms with E-state index in [0.717, 1.165) is 19.3 Å². The van der Waals surface area contributed by atoms with Gasteiger partial charge in [0.05, 0.1) is 24.5 Å². The van der Waals surface area contributed by atoms with Crippen molar-refractivity contribution in [1.29, 1.82) is 0 Å². The third-order valence-electron chi connectivity index (χ3n) is 6.80. The minimum absolute atomic E-state index is 0.0706. The van der Waals surface area contributed by atoms with Crippen molar-refractivity contribution in [2.75, 3.05) is 0 Å². The summed E-state index contributed by atoms with van der Waals surface area (Å²) < 4.78 is 6.01. The van der Waals surface area contributed by atoms with Crippen LogP contribution >= 0.6 is 0 Å². The van der Waals surface area contributed by atoms with Crippen molar-refractivity contribution in [3.63, 3.8) is 0 Å². The largest absolute Gasteiger partial charge is 0.461 e. The third kappa shape index (κ3) is 7.16. The molecule has 0 aromatic carbocycles. The van der Waals surface area contributed by atoms with Crippen LogP contribution in [-0.2, 0) is 14.3 Å². The second-order valence-electron chi connectivity index (χ2n) is 9.43. The molecule has 31 heavy (non-hydrogen) atoms. The number of nitrogens with one attached hydrogen (secondary N) is 1. The minimum Gasteiger partial charge on any atom is -0.461 e. The first-order valence-corrected chi connectivity index (χ1v) is 11.6. The van der Waals surface area contributed by atoms with E-state index in [-0.39, 0.29) is 48.6 Å². The standard InChI is InChI=1S/C24H39NO6/c1-5-15(3)24(29)31-21-11-14(2)10-17-7-6-16(4)20(23(17)21)9-8-18(26)12-19(27)13-22(28)25-30/h6-7,10,14-16,18-21,23,26-27,30H,5,8-9,11-13H2,1-4H3,(H,25,28)/t14-,15?,16-,18+,19+,20-,21-,23-/m0/s1. The lowest BCUT2D eigenvalue weighted by Gasteiger charge is -2.43. The van der Waals surface area contributed by atoms with Gasteiger partial charge in [-0.05, 0) is 55.4 Å². The van der Waals surface area contributed by atoms with Gasteiger partial charge in [-0.1, -0.05) is 45.9 Å². The van der Waals surface area contributed by atoms with Crippen LogP contribution in [-0.4, -0.2) is 45.6 Å². The number of aliphatic hydroxyl groups excluding tert-OH is 2. The molecule has 1 amide bonds. The van der Waals surface area contributed by atoms with Crippen LogP contribution in [0.3, 0.4) is 0 Å². The Bertz CT molecular complexity index is 675. The third-order valence-corrected chi connectivity index (χ3v) is 6.80. The molecule has 176 valence electrons. The Morgan fingerprint density at radius 1 is 1.26 bits per heavy atom. The fourth-order valence-corrected chi connectivity index (χ4v) is 4.81. The van der Waals surface area contributed by atoms with Crippen LogP contribution in [0.25, 0.3) is 0 Å². The number of allylic oxidation sites excluding steroid dienone is 3. The molecule has 0 radical (unpaired) electrons. The summed E-state index contributed by atoms with van der Waals surface area (Å²) in [6.45, 7) is 8.16. The van der Waals surface area contributed by atoms with E-state index in [2.05, 4.69) is 32.1 Å². The minimum atomic E-state index is -1.01. The van der Waals surface area contributed by atoms with Crippen LogP contribution in [0.15, 0.2) is 23.8 Å². The van der Waals surface area contributed by atoms with Gasteiger partial charge in [0.15, 0.2) is 0 Å². The predicted octanol–water partition coefficient (Wildman–Crippen LogP) is 3.14. The predicted molar refractivity (Wildman–Crippen MR) is 117 cm³/mol. The number of aliphatic hydroxyl groups is 2. The van der Waals surface area contributed by atoms with Crippen LogP contribution in [0, 0.1) is 29.6 Å². The molecule has 0 aromatic heterocycles. The second kappa shape index (κ2) is 11.8. The molecular formula is C24H39NO6. The Morgan fingerprint density at radius 3 is 2.61 bits per heavy atom. The highest BCUT2D eigenvalue weighted by molar-refractivity contribution is 5.75. The number of rotatable bonds is 10. The maximum Gasteiger partial charge on any atom is 0.308 e. The Kier molecular flexibility index (Phi) is 9.72. The molecule has 4 N–H and O–H groups in total. The van der Waals surface area contributed by atoms with Gasteiger partial charge in [0.25, 0.3) is 0 Å². The molecule has 1 unspecified atom stereocenters. The summed E-state index contributed by atoms with van der Waals surface area (Å²) in [7, 11) is 0. The average Bonchev–Trinajstić information content (AvgIpc) is 2.72. The molecule has 2 aliphatic rings. The highest BCUT2D eigenvalue weighted by Gasteiger charge is 2.41. The molecule has 0 saturated carbocycles. The first-order chi connectivity index (χ1) is 14.7. The van der Waals surface area contributed by atoms with Crippen LogP contribution in [0.5, 0.6) is 0 Å². The zero-order valence-corrected chi connectivity index (χ0v) is 19.2. The van der Waals surface area contributed by atoms with Gasteiger partial charge < -0.3 is 14.9 Å². The van der Waals surface area contributed by atoms with Gasteiger partial charge in [-0.3, -0.25) is 14.8 Å². The maximum absolute atomic E-state index is 12.5. The zero-order valence-electron chi connectivity index (χ0n) is 19.2. The van der Waals surface area contributed by atoms with E-state index in [9.17, 15) is 19.8 Å². The SMILES string of the molecule is CCC(C)C(=O)O[C@H]1C[C@@H](C)C=C2C=C[C@H](C)[C@H](CC[C@@H](O)C[C@@H](O)CC(=O)NO)[C@H]21. The first kappa shape index (κ1) is 25.6. The highest BCUT2D eigenvalue weighted by Crippen LogP contribution is 2.45. The van der Waals surface area contributed by atoms with E-state index in [1.54, 1.807) is 0 Å². The molecule has 7 nitrogen and oxygen atoms in total. The number of fused-ring (bicyclic) bond motifs is 1. The van der Waals surface area contributed by atoms with Gasteiger partial charge in [-0.15, -0.1) is 0 Å². The highest BCUT2D eigenvalue weighted by atomic mass is 16.5. The normalized spacial score (nSPS) is 30.5. The molecule has 0 spiro atoms. The van der Waals surface area contributed by atoms with Gasteiger partial charge in [0.1, 0.15) is 6.10 Å². The van der Waals surface area contributed by atoms with Gasteiger partial charge in [-0.25, -0.2) is 5.48 Å². The number of ether oxygens (including phenoxy) is 1. The number of carbonyl (C=O) groups is 2. The van der Waals surface area contributed by atoms with Gasteiger partial charge >= 0.3 is 5.97 Å². The Morgan fingerprint density at radius 2 is 1.97 bits per heavy atom. The molecule has 0 bridgehead atoms. The summed E-state index contributed by atoms with van der Waals surface area (Å²) in [5, 5.41) is 28.9. The second-order valence-corrected chi connectivity index (χ2v) is 9.43. The van der Waals surface area contributed by atoms with E-state index < -0.39 is 18.1 Å². The van der Waals surface area contributed by atoms with Crippen LogP contribution in [0.1, 0.15) is 66.2 Å². The van der Waals surface area contributed by atoms with Crippen molar-refractivity contribution >= 4 is 11.9 Å². The molecule has 2 aliphatic carbocycles. The van der Waals surface area contributed by atoms with Gasteiger partial charge in [0, 0.05) is 5.92 Å². The molecule has 0 aliphatic heterocycles. The number of hydroxylamine groups is 1. The smallest absolute Gasteiger partial charge is 0.308 e. The fourth-order valence-electron chi connectivity index (χ4n) is 4.81. The van der Waals surface area contributed by atoms with E-state index in [1.807, 2.05) is 13.8 Å². The lowest BCUT2D eigenvalue weighted by atomic mass is 9.65. The fraction of sp³-hybridized carbons (Fsp3) is 0.750. The number of hydrogen-bond acceptors (Lipinski definition) is 6. The lowest BCUT2D eigenvalue weighted by Crippen LogP contribution is -2.41. The van der Waals surface area contributed by atoms with Gasteiger partial charge in [-0.2, -0.15) is 0 Å². The van der Waals surface area contributed by atoms with Crippen molar-refractivity contribution in [3.05, 3.63) is 23.8 Å². The van der Waals surface area contributed by atoms with Crippen molar-refractivity contribution in [2.45, 2.75) is 84.5 Å². The van der Waals surface area contributed by atoms with E-state index >= 15 is 0 Å². The first-order valence-electron chi connectivity index (χ1n) is 11.6. The number of amides is 1. The molecule has 0 aromatic rings. The monoisotopic (exact) mass is 437 g/mol. The topological polar surface area (TPSA) is 116 Å². The molecule has 0 heterocycles. The zero-order chi connectivity index (χ0) is 23.1. The van der Waals surface area contributed by atoms with Crippen molar-refractivity contribution in [2.24, 2.45) is 29.6 Å². The Balaban J connectivity index is 2.06. The van der Waals surface area contributed by atoms with Crippen LogP contribution in [0.2, 0.25) is 0 Å². The van der Waals surface area contributed by atoms with Crippen LogP contribution < -0.4 is 5.48 Å². The summed E-state index contributed by atoms with van der Waals surface area (Å²) in [6, 6.07) is 0. The van der Waals surface area contributed by atoms with Crippen LogP contribution in [0.4, 0.5) is 0 Å². The van der Waals surface area contributed by atoms with Gasteiger partial charge in [0.2, 0.25) is 5.91 Å². The molecule has 0 fully saturated rings. The quantitative estimate of drug-likeness (QED) is 0.237. The summed E-state index contributed by atoms with van der Waals surface area (Å²) >= 11 is 0. The van der Waals surface area contributed by atoms with Crippen molar-refractivity contribution in [1.82, 2.24) is 5.48 Å². The Hall–Kier alpha value is -1.70. The van der Waals surface area contributed by atoms with E-state index in [1.165, 1.54) is 11.1 Å². The molecule has 0 saturated heterocycles. The van der Waals surface area contributed by atoms with E-state index in [0.29, 0.717) is 12.3 Å². The van der Waals surface area contributed by atoms with Crippen molar-refractivity contribution < 1.29 is 29.7 Å². The maximum atomic E-state index is 12.5. The molecule has 7 heteroatoms. The number of hydrogen-bond donors (Lipinski definition) is 4. The van der Waals surface area contributed by atoms with E-state index in [4.69, 9.17) is 9.94 Å². The molecular weight excluding hydrogens is 398 g/mol. The summed E-state index contributed by atoms with van der Waals surface area (Å²) in [6.07, 6.45) is 7.22. The lowest BCUT2D eigenvalue weighted by molar-refractivity contribution is -0.158. The summed E-state index contributed by atoms with van der Waals surface area (Å²) in [4.78, 5) is 23.7. The van der Waals surface area contributed by atoms with Crippen molar-refractivity contribution in [3.8, 4) is 0 Å². The number of carbonyl (C=O) groups excluding carboxylic acids is 2.